The first-order valence-electron chi connectivity index (χ1n) is 9.59. The van der Waals surface area contributed by atoms with Crippen LogP contribution in [0.15, 0.2) is 58.5 Å². The number of nitrogens with one attached hydrogen (secondary N) is 3. The Bertz CT molecular complexity index is 1230. The molecule has 0 bridgehead atoms. The Morgan fingerprint density at radius 3 is 2.71 bits per heavy atom. The van der Waals surface area contributed by atoms with Crippen molar-refractivity contribution in [3.05, 3.63) is 80.6 Å². The Hall–Kier alpha value is -3.10. The van der Waals surface area contributed by atoms with Crippen molar-refractivity contribution in [1.29, 1.82) is 0 Å². The van der Waals surface area contributed by atoms with Crippen molar-refractivity contribution >= 4 is 46.7 Å². The molecule has 2 amide bonds. The van der Waals surface area contributed by atoms with Crippen LogP contribution in [0.25, 0.3) is 0 Å². The average Bonchev–Trinajstić information content (AvgIpc) is 2.74. The topological polar surface area (TPSA) is 104 Å². The van der Waals surface area contributed by atoms with Gasteiger partial charge in [0.05, 0.1) is 11.5 Å². The van der Waals surface area contributed by atoms with Crippen molar-refractivity contribution < 1.29 is 9.59 Å². The van der Waals surface area contributed by atoms with E-state index in [-0.39, 0.29) is 23.7 Å². The van der Waals surface area contributed by atoms with Crippen molar-refractivity contribution in [1.82, 2.24) is 9.97 Å². The number of para-hydroxylation sites is 1. The number of carbonyl (C=O) groups is 2. The van der Waals surface area contributed by atoms with Crippen LogP contribution in [-0.4, -0.2) is 21.8 Å². The molecular weight excluding hydrogens is 436 g/mol. The Labute approximate surface area is 187 Å². The summed E-state index contributed by atoms with van der Waals surface area (Å²) in [5, 5.41) is 6.40. The fourth-order valence-electron chi connectivity index (χ4n) is 3.34. The lowest BCUT2D eigenvalue weighted by Crippen LogP contribution is -2.36. The van der Waals surface area contributed by atoms with E-state index in [9.17, 15) is 14.4 Å². The van der Waals surface area contributed by atoms with Gasteiger partial charge in [-0.05, 0) is 30.2 Å². The van der Waals surface area contributed by atoms with Crippen LogP contribution in [0.2, 0.25) is 5.02 Å². The number of amides is 2. The first kappa shape index (κ1) is 21.1. The number of carbonyl (C=O) groups excluding carboxylic acids is 2. The van der Waals surface area contributed by atoms with E-state index in [2.05, 4.69) is 20.6 Å². The molecule has 158 valence electrons. The van der Waals surface area contributed by atoms with Gasteiger partial charge in [0.2, 0.25) is 11.8 Å². The molecule has 31 heavy (non-hydrogen) atoms. The predicted molar refractivity (Wildman–Crippen MR) is 122 cm³/mol. The maximum atomic E-state index is 12.9. The zero-order chi connectivity index (χ0) is 22.0. The van der Waals surface area contributed by atoms with Crippen LogP contribution < -0.4 is 16.2 Å². The van der Waals surface area contributed by atoms with Gasteiger partial charge in [0.15, 0.2) is 5.16 Å². The molecule has 2 heterocycles. The zero-order valence-electron chi connectivity index (χ0n) is 16.6. The van der Waals surface area contributed by atoms with Crippen LogP contribution in [0.5, 0.6) is 0 Å². The minimum absolute atomic E-state index is 0.117. The minimum Gasteiger partial charge on any atom is -0.325 e. The highest BCUT2D eigenvalue weighted by Crippen LogP contribution is 2.31. The highest BCUT2D eigenvalue weighted by atomic mass is 35.5. The number of aromatic nitrogens is 2. The molecule has 0 spiro atoms. The molecule has 1 unspecified atom stereocenters. The number of H-pyrrole nitrogens is 1. The van der Waals surface area contributed by atoms with Crippen molar-refractivity contribution in [2.75, 3.05) is 10.6 Å². The number of anilines is 2. The molecule has 0 radical (unpaired) electrons. The fourth-order valence-corrected chi connectivity index (χ4v) is 4.48. The molecule has 0 saturated carbocycles. The third-order valence-corrected chi connectivity index (χ3v) is 6.26. The number of rotatable bonds is 5. The van der Waals surface area contributed by atoms with Crippen molar-refractivity contribution in [3.8, 4) is 0 Å². The van der Waals surface area contributed by atoms with E-state index in [1.807, 2.05) is 37.3 Å². The first-order valence-corrected chi connectivity index (χ1v) is 11.0. The van der Waals surface area contributed by atoms with Crippen molar-refractivity contribution in [3.63, 3.8) is 0 Å². The highest BCUT2D eigenvalue weighted by molar-refractivity contribution is 7.98. The highest BCUT2D eigenvalue weighted by Gasteiger charge is 2.34. The number of hydrogen-bond donors (Lipinski definition) is 3. The zero-order valence-corrected chi connectivity index (χ0v) is 18.1. The van der Waals surface area contributed by atoms with E-state index in [1.165, 1.54) is 11.8 Å². The van der Waals surface area contributed by atoms with Gasteiger partial charge in [-0.2, -0.15) is 0 Å². The van der Waals surface area contributed by atoms with Gasteiger partial charge < -0.3 is 15.6 Å². The van der Waals surface area contributed by atoms with E-state index in [1.54, 1.807) is 18.2 Å². The molecule has 0 saturated heterocycles. The number of benzene rings is 2. The quantitative estimate of drug-likeness (QED) is 0.398. The van der Waals surface area contributed by atoms with E-state index in [0.29, 0.717) is 21.6 Å². The number of nitrogens with zero attached hydrogens (tertiary/aromatic N) is 1. The summed E-state index contributed by atoms with van der Waals surface area (Å²) in [6, 6.07) is 14.7. The average molecular weight is 455 g/mol. The van der Waals surface area contributed by atoms with Crippen LogP contribution in [0, 0.1) is 6.92 Å². The van der Waals surface area contributed by atoms with Crippen molar-refractivity contribution in [2.45, 2.75) is 30.2 Å². The Kier molecular flexibility index (Phi) is 6.11. The number of fused-ring (bicyclic) bond motifs is 1. The third kappa shape index (κ3) is 4.65. The lowest BCUT2D eigenvalue weighted by molar-refractivity contribution is -0.123. The van der Waals surface area contributed by atoms with E-state index in [0.717, 1.165) is 11.1 Å². The van der Waals surface area contributed by atoms with Crippen LogP contribution in [0.1, 0.15) is 29.0 Å². The van der Waals surface area contributed by atoms with Gasteiger partial charge in [0.1, 0.15) is 5.82 Å². The lowest BCUT2D eigenvalue weighted by Gasteiger charge is -2.23. The standard InChI is InChI=1S/C22H19ClN4O3S/c1-12-6-2-5-9-16(12)24-20(29)14-10-17(28)25-19-18(14)21(30)27-22(26-19)31-11-13-7-3-4-8-15(13)23/h2-9,14H,10-11H2,1H3,(H,24,29)(H2,25,26,27,28,30). The van der Waals surface area contributed by atoms with Gasteiger partial charge in [-0.3, -0.25) is 14.4 Å². The number of aromatic amines is 1. The van der Waals surface area contributed by atoms with E-state index in [4.69, 9.17) is 11.6 Å². The molecule has 1 atom stereocenters. The molecule has 3 N–H and O–H groups in total. The van der Waals surface area contributed by atoms with Crippen LogP contribution in [0.4, 0.5) is 11.5 Å². The van der Waals surface area contributed by atoms with Gasteiger partial charge in [0.25, 0.3) is 5.56 Å². The summed E-state index contributed by atoms with van der Waals surface area (Å²) in [5.74, 6) is -1.10. The SMILES string of the molecule is Cc1ccccc1NC(=O)C1CC(=O)Nc2nc(SCc3ccccc3Cl)[nH]c(=O)c21. The maximum absolute atomic E-state index is 12.9. The summed E-state index contributed by atoms with van der Waals surface area (Å²) in [6.45, 7) is 1.87. The van der Waals surface area contributed by atoms with Gasteiger partial charge in [0, 0.05) is 22.9 Å². The number of aryl methyl sites for hydroxylation is 1. The number of thioether (sulfide) groups is 1. The first-order chi connectivity index (χ1) is 14.9. The van der Waals surface area contributed by atoms with Crippen molar-refractivity contribution in [2.24, 2.45) is 0 Å². The second-order valence-electron chi connectivity index (χ2n) is 7.12. The van der Waals surface area contributed by atoms with Gasteiger partial charge in [-0.25, -0.2) is 4.98 Å². The monoisotopic (exact) mass is 454 g/mol. The Balaban J connectivity index is 1.59. The maximum Gasteiger partial charge on any atom is 0.257 e. The van der Waals surface area contributed by atoms with Gasteiger partial charge in [-0.15, -0.1) is 0 Å². The minimum atomic E-state index is -0.928. The summed E-state index contributed by atoms with van der Waals surface area (Å²) in [7, 11) is 0. The van der Waals surface area contributed by atoms with Crippen LogP contribution >= 0.6 is 23.4 Å². The molecule has 0 aliphatic carbocycles. The molecule has 3 aromatic rings. The Morgan fingerprint density at radius 2 is 1.94 bits per heavy atom. The Morgan fingerprint density at radius 1 is 1.19 bits per heavy atom. The molecule has 4 rings (SSSR count). The van der Waals surface area contributed by atoms with Crippen LogP contribution in [0.3, 0.4) is 0 Å². The smallest absolute Gasteiger partial charge is 0.257 e. The lowest BCUT2D eigenvalue weighted by atomic mass is 9.92. The molecule has 0 fully saturated rings. The summed E-state index contributed by atoms with van der Waals surface area (Å²) in [4.78, 5) is 45.1. The summed E-state index contributed by atoms with van der Waals surface area (Å²) >= 11 is 7.47. The molecule has 7 nitrogen and oxygen atoms in total. The second-order valence-corrected chi connectivity index (χ2v) is 8.49. The molecule has 1 aliphatic rings. The molecular formula is C22H19ClN4O3S. The number of halogens is 1. The molecule has 9 heteroatoms. The van der Waals surface area contributed by atoms with E-state index >= 15 is 0 Å². The summed E-state index contributed by atoms with van der Waals surface area (Å²) < 4.78 is 0. The predicted octanol–water partition coefficient (Wildman–Crippen LogP) is 4.09. The molecule has 1 aromatic heterocycles. The molecule has 1 aliphatic heterocycles. The van der Waals surface area contributed by atoms with E-state index < -0.39 is 17.4 Å². The summed E-state index contributed by atoms with van der Waals surface area (Å²) in [5.41, 5.74) is 2.13. The largest absolute Gasteiger partial charge is 0.325 e. The number of hydrogen-bond acceptors (Lipinski definition) is 5. The third-order valence-electron chi connectivity index (χ3n) is 4.97. The fraction of sp³-hybridized carbons (Fsp3) is 0.182. The normalized spacial score (nSPS) is 15.2. The summed E-state index contributed by atoms with van der Waals surface area (Å²) in [6.07, 6.45) is -0.123. The van der Waals surface area contributed by atoms with Crippen LogP contribution in [-0.2, 0) is 15.3 Å². The van der Waals surface area contributed by atoms with Gasteiger partial charge >= 0.3 is 0 Å². The molecule has 2 aromatic carbocycles. The second kappa shape index (κ2) is 8.95. The van der Waals surface area contributed by atoms with Gasteiger partial charge in [-0.1, -0.05) is 59.8 Å².